The molecule has 1 atom stereocenters. The van der Waals surface area contributed by atoms with E-state index in [4.69, 9.17) is 4.98 Å². The van der Waals surface area contributed by atoms with Crippen LogP contribution in [0.2, 0.25) is 0 Å². The lowest BCUT2D eigenvalue weighted by Crippen LogP contribution is -2.32. The van der Waals surface area contributed by atoms with Crippen LogP contribution in [0, 0.1) is 0 Å². The SMILES string of the molecule is c1cnc(-c2nc(CN3CCC[C@@H]3Cn3cccn3)cs2)nc1. The van der Waals surface area contributed by atoms with Gasteiger partial charge in [-0.05, 0) is 31.5 Å². The minimum absolute atomic E-state index is 0.535. The summed E-state index contributed by atoms with van der Waals surface area (Å²) in [6, 6.07) is 4.33. The summed E-state index contributed by atoms with van der Waals surface area (Å²) in [6.45, 7) is 2.96. The molecule has 6 nitrogen and oxygen atoms in total. The molecule has 0 aromatic carbocycles. The fourth-order valence-electron chi connectivity index (χ4n) is 3.03. The van der Waals surface area contributed by atoms with Crippen molar-refractivity contribution >= 4 is 11.3 Å². The monoisotopic (exact) mass is 326 g/mol. The largest absolute Gasteiger partial charge is 0.293 e. The second-order valence-corrected chi connectivity index (χ2v) is 6.57. The normalized spacial score (nSPS) is 18.5. The smallest absolute Gasteiger partial charge is 0.188 e. The van der Waals surface area contributed by atoms with Crippen molar-refractivity contribution in [1.82, 2.24) is 29.6 Å². The van der Waals surface area contributed by atoms with E-state index < -0.39 is 0 Å². The molecule has 0 N–H and O–H groups in total. The average Bonchev–Trinajstić information content (AvgIpc) is 3.33. The summed E-state index contributed by atoms with van der Waals surface area (Å²) in [5.74, 6) is 0.707. The lowest BCUT2D eigenvalue weighted by atomic mass is 10.2. The Balaban J connectivity index is 1.44. The summed E-state index contributed by atoms with van der Waals surface area (Å²) in [6.07, 6.45) is 9.84. The Morgan fingerprint density at radius 2 is 2.09 bits per heavy atom. The molecule has 0 amide bonds. The molecule has 0 unspecified atom stereocenters. The maximum absolute atomic E-state index is 4.70. The zero-order valence-corrected chi connectivity index (χ0v) is 13.6. The predicted molar refractivity (Wildman–Crippen MR) is 88.8 cm³/mol. The number of nitrogens with zero attached hydrogens (tertiary/aromatic N) is 6. The quantitative estimate of drug-likeness (QED) is 0.721. The molecule has 0 spiro atoms. The van der Waals surface area contributed by atoms with E-state index in [1.54, 1.807) is 23.7 Å². The van der Waals surface area contributed by atoms with Crippen LogP contribution in [0.5, 0.6) is 0 Å². The molecule has 1 aliphatic rings. The molecule has 4 rings (SSSR count). The first-order valence-corrected chi connectivity index (χ1v) is 8.70. The first-order chi connectivity index (χ1) is 11.4. The minimum atomic E-state index is 0.535. The van der Waals surface area contributed by atoms with Crippen molar-refractivity contribution in [3.8, 4) is 10.8 Å². The maximum atomic E-state index is 4.70. The molecule has 1 aliphatic heterocycles. The zero-order chi connectivity index (χ0) is 15.5. The Labute approximate surface area is 138 Å². The Morgan fingerprint density at radius 1 is 1.17 bits per heavy atom. The summed E-state index contributed by atoms with van der Waals surface area (Å²) >= 11 is 1.61. The molecule has 23 heavy (non-hydrogen) atoms. The maximum Gasteiger partial charge on any atom is 0.188 e. The van der Waals surface area contributed by atoms with Crippen molar-refractivity contribution in [2.45, 2.75) is 32.0 Å². The van der Waals surface area contributed by atoms with Crippen molar-refractivity contribution in [1.29, 1.82) is 0 Å². The standard InChI is InChI=1S/C16H18N6S/c1-4-14(11-22-9-3-7-19-22)21(8-1)10-13-12-23-16(20-13)15-17-5-2-6-18-15/h2-3,5-7,9,12,14H,1,4,8,10-11H2/t14-/m1/s1. The number of likely N-dealkylation sites (tertiary alicyclic amines) is 1. The van der Waals surface area contributed by atoms with Crippen LogP contribution in [-0.2, 0) is 13.1 Å². The summed E-state index contributed by atoms with van der Waals surface area (Å²) in [5.41, 5.74) is 1.10. The van der Waals surface area contributed by atoms with E-state index in [1.807, 2.05) is 29.2 Å². The lowest BCUT2D eigenvalue weighted by molar-refractivity contribution is 0.217. The number of aromatic nitrogens is 5. The van der Waals surface area contributed by atoms with Crippen LogP contribution in [0.15, 0.2) is 42.3 Å². The first kappa shape index (κ1) is 14.5. The van der Waals surface area contributed by atoms with Gasteiger partial charge in [-0.1, -0.05) is 0 Å². The van der Waals surface area contributed by atoms with Gasteiger partial charge in [-0.15, -0.1) is 11.3 Å². The fourth-order valence-corrected chi connectivity index (χ4v) is 3.79. The van der Waals surface area contributed by atoms with E-state index >= 15 is 0 Å². The molecule has 0 aliphatic carbocycles. The second kappa shape index (κ2) is 6.55. The van der Waals surface area contributed by atoms with Crippen molar-refractivity contribution < 1.29 is 0 Å². The van der Waals surface area contributed by atoms with Gasteiger partial charge in [-0.2, -0.15) is 5.10 Å². The van der Waals surface area contributed by atoms with Crippen molar-refractivity contribution in [3.63, 3.8) is 0 Å². The Morgan fingerprint density at radius 3 is 2.91 bits per heavy atom. The molecule has 1 fully saturated rings. The van der Waals surface area contributed by atoms with Gasteiger partial charge in [0.1, 0.15) is 0 Å². The van der Waals surface area contributed by atoms with E-state index in [-0.39, 0.29) is 0 Å². The van der Waals surface area contributed by atoms with E-state index in [0.717, 1.165) is 30.3 Å². The van der Waals surface area contributed by atoms with Crippen LogP contribution < -0.4 is 0 Å². The third-order valence-electron chi connectivity index (χ3n) is 4.13. The van der Waals surface area contributed by atoms with E-state index in [0.29, 0.717) is 11.9 Å². The third kappa shape index (κ3) is 3.30. The lowest BCUT2D eigenvalue weighted by Gasteiger charge is -2.23. The van der Waals surface area contributed by atoms with Crippen LogP contribution in [0.4, 0.5) is 0 Å². The zero-order valence-electron chi connectivity index (χ0n) is 12.7. The summed E-state index contributed by atoms with van der Waals surface area (Å²) in [4.78, 5) is 15.8. The molecular weight excluding hydrogens is 308 g/mol. The molecule has 0 bridgehead atoms. The number of thiazole rings is 1. The highest BCUT2D eigenvalue weighted by Crippen LogP contribution is 2.24. The van der Waals surface area contributed by atoms with Crippen LogP contribution in [0.3, 0.4) is 0 Å². The highest BCUT2D eigenvalue weighted by Gasteiger charge is 2.25. The van der Waals surface area contributed by atoms with E-state index in [2.05, 4.69) is 25.3 Å². The fraction of sp³-hybridized carbons (Fsp3) is 0.375. The van der Waals surface area contributed by atoms with Crippen molar-refractivity contribution in [3.05, 3.63) is 48.0 Å². The Bertz CT molecular complexity index is 739. The highest BCUT2D eigenvalue weighted by atomic mass is 32.1. The van der Waals surface area contributed by atoms with Gasteiger partial charge >= 0.3 is 0 Å². The van der Waals surface area contributed by atoms with Gasteiger partial charge in [0.05, 0.1) is 12.2 Å². The van der Waals surface area contributed by atoms with Gasteiger partial charge in [-0.25, -0.2) is 15.0 Å². The average molecular weight is 326 g/mol. The number of rotatable bonds is 5. The molecule has 0 radical (unpaired) electrons. The Hall–Kier alpha value is -2.12. The topological polar surface area (TPSA) is 59.7 Å². The van der Waals surface area contributed by atoms with Gasteiger partial charge in [0, 0.05) is 42.8 Å². The van der Waals surface area contributed by atoms with Gasteiger partial charge in [-0.3, -0.25) is 9.58 Å². The minimum Gasteiger partial charge on any atom is -0.293 e. The van der Waals surface area contributed by atoms with Crippen molar-refractivity contribution in [2.24, 2.45) is 0 Å². The van der Waals surface area contributed by atoms with Gasteiger partial charge in [0.15, 0.2) is 10.8 Å². The van der Waals surface area contributed by atoms with E-state index in [9.17, 15) is 0 Å². The first-order valence-electron chi connectivity index (χ1n) is 7.82. The highest BCUT2D eigenvalue weighted by molar-refractivity contribution is 7.13. The summed E-state index contributed by atoms with van der Waals surface area (Å²) < 4.78 is 2.02. The van der Waals surface area contributed by atoms with E-state index in [1.165, 1.54) is 12.8 Å². The molecule has 118 valence electrons. The van der Waals surface area contributed by atoms with Crippen LogP contribution in [0.1, 0.15) is 18.5 Å². The Kier molecular flexibility index (Phi) is 4.12. The van der Waals surface area contributed by atoms with Crippen molar-refractivity contribution in [2.75, 3.05) is 6.54 Å². The summed E-state index contributed by atoms with van der Waals surface area (Å²) in [7, 11) is 0. The molecule has 1 saturated heterocycles. The predicted octanol–water partition coefficient (Wildman–Crippen LogP) is 2.46. The van der Waals surface area contributed by atoms with Gasteiger partial charge < -0.3 is 0 Å². The van der Waals surface area contributed by atoms with Crippen LogP contribution in [0.25, 0.3) is 10.8 Å². The molecular formula is C16H18N6S. The van der Waals surface area contributed by atoms with Crippen LogP contribution >= 0.6 is 11.3 Å². The molecule has 3 aromatic heterocycles. The summed E-state index contributed by atoms with van der Waals surface area (Å²) in [5, 5.41) is 7.34. The molecule has 4 heterocycles. The third-order valence-corrected chi connectivity index (χ3v) is 5.02. The number of hydrogen-bond donors (Lipinski definition) is 0. The molecule has 3 aromatic rings. The van der Waals surface area contributed by atoms with Gasteiger partial charge in [0.25, 0.3) is 0 Å². The van der Waals surface area contributed by atoms with Gasteiger partial charge in [0.2, 0.25) is 0 Å². The number of hydrogen-bond acceptors (Lipinski definition) is 6. The molecule has 7 heteroatoms. The molecule has 0 saturated carbocycles. The second-order valence-electron chi connectivity index (χ2n) is 5.71. The van der Waals surface area contributed by atoms with Crippen LogP contribution in [-0.4, -0.2) is 42.2 Å².